The minimum atomic E-state index is 0.408. The Bertz CT molecular complexity index is 523. The van der Waals surface area contributed by atoms with Crippen molar-refractivity contribution in [3.63, 3.8) is 0 Å². The minimum Gasteiger partial charge on any atom is -0.481 e. The van der Waals surface area contributed by atoms with E-state index in [2.05, 4.69) is 15.0 Å². The van der Waals surface area contributed by atoms with Gasteiger partial charge in [0.1, 0.15) is 0 Å². The molecule has 2 aromatic rings. The van der Waals surface area contributed by atoms with Crippen molar-refractivity contribution in [2.45, 2.75) is 6.92 Å². The van der Waals surface area contributed by atoms with Crippen LogP contribution in [0.3, 0.4) is 0 Å². The normalized spacial score (nSPS) is 10.7. The van der Waals surface area contributed by atoms with Crippen LogP contribution < -0.4 is 4.74 Å². The molecule has 0 unspecified atom stereocenters. The number of methoxy groups -OCH3 is 1. The van der Waals surface area contributed by atoms with E-state index in [9.17, 15) is 0 Å². The van der Waals surface area contributed by atoms with Crippen LogP contribution in [-0.2, 0) is 0 Å². The molecular formula is C13H13N3O. The van der Waals surface area contributed by atoms with E-state index in [0.717, 1.165) is 11.3 Å². The third-order valence-electron chi connectivity index (χ3n) is 2.16. The average molecular weight is 227 g/mol. The van der Waals surface area contributed by atoms with Crippen LogP contribution in [0.15, 0.2) is 41.4 Å². The highest BCUT2D eigenvalue weighted by Gasteiger charge is 1.99. The quantitative estimate of drug-likeness (QED) is 0.757. The van der Waals surface area contributed by atoms with Crippen molar-refractivity contribution in [3.8, 4) is 5.88 Å². The predicted octanol–water partition coefficient (Wildman–Crippen LogP) is 2.54. The molecule has 0 spiro atoms. The zero-order chi connectivity index (χ0) is 12.1. The summed E-state index contributed by atoms with van der Waals surface area (Å²) in [5.41, 5.74) is 1.84. The predicted molar refractivity (Wildman–Crippen MR) is 67.0 cm³/mol. The third kappa shape index (κ3) is 3.11. The van der Waals surface area contributed by atoms with Crippen LogP contribution in [0.2, 0.25) is 0 Å². The number of benzene rings is 1. The molecule has 17 heavy (non-hydrogen) atoms. The van der Waals surface area contributed by atoms with Gasteiger partial charge in [0.15, 0.2) is 0 Å². The van der Waals surface area contributed by atoms with Crippen LogP contribution in [0.1, 0.15) is 11.3 Å². The summed E-state index contributed by atoms with van der Waals surface area (Å²) in [4.78, 5) is 12.6. The number of ether oxygens (including phenoxy) is 1. The van der Waals surface area contributed by atoms with E-state index < -0.39 is 0 Å². The number of hydrogen-bond acceptors (Lipinski definition) is 4. The number of nitrogens with zero attached hydrogens (tertiary/aromatic N) is 3. The van der Waals surface area contributed by atoms with Crippen LogP contribution in [-0.4, -0.2) is 23.3 Å². The molecule has 1 aromatic carbocycles. The Kier molecular flexibility index (Phi) is 3.45. The zero-order valence-corrected chi connectivity index (χ0v) is 9.79. The molecule has 4 heteroatoms. The fraction of sp³-hybridized carbons (Fsp3) is 0.154. The van der Waals surface area contributed by atoms with E-state index in [0.29, 0.717) is 11.8 Å². The number of aliphatic imine (C=N–C) groups is 1. The van der Waals surface area contributed by atoms with Gasteiger partial charge in [0, 0.05) is 18.0 Å². The van der Waals surface area contributed by atoms with Crippen molar-refractivity contribution < 1.29 is 4.74 Å². The molecule has 1 heterocycles. The minimum absolute atomic E-state index is 0.408. The molecule has 2 rings (SSSR count). The molecule has 0 aliphatic heterocycles. The Balaban J connectivity index is 2.24. The molecule has 0 bridgehead atoms. The van der Waals surface area contributed by atoms with E-state index in [1.807, 2.05) is 37.3 Å². The summed E-state index contributed by atoms with van der Waals surface area (Å²) in [6.07, 6.45) is 1.73. The Morgan fingerprint density at radius 3 is 2.65 bits per heavy atom. The monoisotopic (exact) mass is 227 g/mol. The van der Waals surface area contributed by atoms with E-state index in [1.165, 1.54) is 0 Å². The molecule has 0 fully saturated rings. The summed E-state index contributed by atoms with van der Waals surface area (Å²) >= 11 is 0. The first-order chi connectivity index (χ1) is 8.28. The van der Waals surface area contributed by atoms with Gasteiger partial charge < -0.3 is 4.74 Å². The third-order valence-corrected chi connectivity index (χ3v) is 2.16. The summed E-state index contributed by atoms with van der Waals surface area (Å²) in [6.45, 7) is 1.88. The molecule has 0 saturated heterocycles. The lowest BCUT2D eigenvalue weighted by atomic mass is 10.2. The van der Waals surface area contributed by atoms with E-state index in [1.54, 1.807) is 19.4 Å². The highest BCUT2D eigenvalue weighted by atomic mass is 16.5. The topological polar surface area (TPSA) is 47.4 Å². The maximum Gasteiger partial charge on any atom is 0.252 e. The van der Waals surface area contributed by atoms with Gasteiger partial charge in [-0.1, -0.05) is 30.3 Å². The van der Waals surface area contributed by atoms with Crippen molar-refractivity contribution in [2.75, 3.05) is 7.11 Å². The van der Waals surface area contributed by atoms with Gasteiger partial charge in [0.25, 0.3) is 5.95 Å². The first-order valence-corrected chi connectivity index (χ1v) is 5.27. The standard InChI is InChI=1S/C13H13N3O/c1-10-8-12(17-2)16-13(15-10)14-9-11-6-4-3-5-7-11/h3-9H,1-2H3/b14-9+. The largest absolute Gasteiger partial charge is 0.481 e. The van der Waals surface area contributed by atoms with Gasteiger partial charge in [-0.2, -0.15) is 4.98 Å². The number of aromatic nitrogens is 2. The number of rotatable bonds is 3. The van der Waals surface area contributed by atoms with Crippen molar-refractivity contribution in [2.24, 2.45) is 4.99 Å². The van der Waals surface area contributed by atoms with Gasteiger partial charge in [-0.25, -0.2) is 9.98 Å². The second kappa shape index (κ2) is 5.21. The van der Waals surface area contributed by atoms with Crippen LogP contribution in [0, 0.1) is 6.92 Å². The molecule has 0 aliphatic rings. The number of hydrogen-bond donors (Lipinski definition) is 0. The second-order valence-electron chi connectivity index (χ2n) is 3.52. The molecule has 1 aromatic heterocycles. The molecule has 0 amide bonds. The van der Waals surface area contributed by atoms with Crippen molar-refractivity contribution in [1.82, 2.24) is 9.97 Å². The fourth-order valence-electron chi connectivity index (χ4n) is 1.36. The highest BCUT2D eigenvalue weighted by molar-refractivity contribution is 5.80. The van der Waals surface area contributed by atoms with Crippen LogP contribution >= 0.6 is 0 Å². The van der Waals surface area contributed by atoms with Crippen LogP contribution in [0.5, 0.6) is 5.88 Å². The Hall–Kier alpha value is -2.23. The fourth-order valence-corrected chi connectivity index (χ4v) is 1.36. The zero-order valence-electron chi connectivity index (χ0n) is 9.79. The van der Waals surface area contributed by atoms with Crippen molar-refractivity contribution >= 4 is 12.2 Å². The van der Waals surface area contributed by atoms with Crippen molar-refractivity contribution in [1.29, 1.82) is 0 Å². The lowest BCUT2D eigenvalue weighted by Crippen LogP contribution is -1.92. The van der Waals surface area contributed by atoms with Crippen molar-refractivity contribution in [3.05, 3.63) is 47.7 Å². The lowest BCUT2D eigenvalue weighted by molar-refractivity contribution is 0.397. The summed E-state index contributed by atoms with van der Waals surface area (Å²) in [6, 6.07) is 11.6. The van der Waals surface area contributed by atoms with Gasteiger partial charge >= 0.3 is 0 Å². The second-order valence-corrected chi connectivity index (χ2v) is 3.52. The molecule has 0 atom stereocenters. The molecule has 0 N–H and O–H groups in total. The van der Waals surface area contributed by atoms with Gasteiger partial charge in [0.05, 0.1) is 7.11 Å². The molecular weight excluding hydrogens is 214 g/mol. The molecule has 0 aliphatic carbocycles. The Morgan fingerprint density at radius 2 is 1.94 bits per heavy atom. The smallest absolute Gasteiger partial charge is 0.252 e. The number of aryl methyl sites for hydroxylation is 1. The summed E-state index contributed by atoms with van der Waals surface area (Å²) in [5, 5.41) is 0. The van der Waals surface area contributed by atoms with E-state index in [4.69, 9.17) is 4.74 Å². The maximum atomic E-state index is 5.06. The summed E-state index contributed by atoms with van der Waals surface area (Å²) in [5.74, 6) is 0.934. The van der Waals surface area contributed by atoms with E-state index in [-0.39, 0.29) is 0 Å². The molecule has 86 valence electrons. The van der Waals surface area contributed by atoms with Gasteiger partial charge in [-0.15, -0.1) is 0 Å². The molecule has 0 saturated carbocycles. The first kappa shape index (κ1) is 11.3. The van der Waals surface area contributed by atoms with Gasteiger partial charge in [-0.05, 0) is 12.5 Å². The SMILES string of the molecule is COc1cc(C)nc(/N=C/c2ccccc2)n1. The van der Waals surface area contributed by atoms with Gasteiger partial charge in [-0.3, -0.25) is 0 Å². The first-order valence-electron chi connectivity index (χ1n) is 5.27. The van der Waals surface area contributed by atoms with Gasteiger partial charge in [0.2, 0.25) is 5.88 Å². The molecule has 4 nitrogen and oxygen atoms in total. The summed E-state index contributed by atoms with van der Waals surface area (Å²) in [7, 11) is 1.58. The van der Waals surface area contributed by atoms with Crippen LogP contribution in [0.25, 0.3) is 0 Å². The van der Waals surface area contributed by atoms with Crippen LogP contribution in [0.4, 0.5) is 5.95 Å². The lowest BCUT2D eigenvalue weighted by Gasteiger charge is -2.00. The maximum absolute atomic E-state index is 5.06. The average Bonchev–Trinajstić information content (AvgIpc) is 2.37. The molecule has 0 radical (unpaired) electrons. The Labute approximate surface area is 100 Å². The van der Waals surface area contributed by atoms with E-state index >= 15 is 0 Å². The summed E-state index contributed by atoms with van der Waals surface area (Å²) < 4.78 is 5.06. The Morgan fingerprint density at radius 1 is 1.18 bits per heavy atom. The highest BCUT2D eigenvalue weighted by Crippen LogP contribution is 2.13.